The van der Waals surface area contributed by atoms with Crippen LogP contribution in [-0.2, 0) is 17.1 Å². The minimum Gasteiger partial charge on any atom is -0.395 e. The Labute approximate surface area is 100 Å². The van der Waals surface area contributed by atoms with Crippen LogP contribution in [0, 0.1) is 30.6 Å². The summed E-state index contributed by atoms with van der Waals surface area (Å²) in [6, 6.07) is 0. The van der Waals surface area contributed by atoms with Gasteiger partial charge < -0.3 is 46.2 Å². The molecule has 101 valence electrons. The summed E-state index contributed by atoms with van der Waals surface area (Å²) in [6.45, 7) is 1.42. The van der Waals surface area contributed by atoms with Crippen molar-refractivity contribution < 1.29 is 37.5 Å². The van der Waals surface area contributed by atoms with Crippen LogP contribution in [0.3, 0.4) is 0 Å². The average molecular weight is 293 g/mol. The van der Waals surface area contributed by atoms with Gasteiger partial charge in [0.15, 0.2) is 0 Å². The molecule has 0 fully saturated rings. The molecule has 0 saturated carbocycles. The Morgan fingerprint density at radius 3 is 1.19 bits per heavy atom. The van der Waals surface area contributed by atoms with E-state index in [4.69, 9.17) is 40.9 Å². The van der Waals surface area contributed by atoms with Crippen molar-refractivity contribution in [2.75, 3.05) is 26.3 Å². The maximum absolute atomic E-state index is 8.25. The molecule has 0 aromatic rings. The summed E-state index contributed by atoms with van der Waals surface area (Å²) in [6.07, 6.45) is 0. The fraction of sp³-hybridized carbons (Fsp3) is 1.00. The van der Waals surface area contributed by atoms with Gasteiger partial charge in [-0.2, -0.15) is 0 Å². The van der Waals surface area contributed by atoms with Crippen LogP contribution in [0.1, 0.15) is 0 Å². The second-order valence-corrected chi connectivity index (χ2v) is 1.64. The van der Waals surface area contributed by atoms with Crippen molar-refractivity contribution in [3.63, 3.8) is 0 Å². The molecular formula is C4H11CuN3O8. The van der Waals surface area contributed by atoms with Gasteiger partial charge in [0.1, 0.15) is 0 Å². The maximum Gasteiger partial charge on any atom is 2.00 e. The van der Waals surface area contributed by atoms with Gasteiger partial charge in [-0.3, -0.25) is 0 Å². The third-order valence-electron chi connectivity index (χ3n) is 0.577. The molecular weight excluding hydrogens is 282 g/mol. The van der Waals surface area contributed by atoms with Crippen LogP contribution in [0.15, 0.2) is 0 Å². The van der Waals surface area contributed by atoms with Gasteiger partial charge in [-0.15, -0.1) is 0 Å². The number of hydrogen-bond donors (Lipinski definition) is 3. The molecule has 0 amide bonds. The van der Waals surface area contributed by atoms with E-state index in [-0.39, 0.29) is 30.3 Å². The van der Waals surface area contributed by atoms with E-state index in [9.17, 15) is 0 Å². The van der Waals surface area contributed by atoms with Gasteiger partial charge in [-0.05, 0) is 0 Å². The molecule has 0 aromatic carbocycles. The molecule has 0 spiro atoms. The Kier molecular flexibility index (Phi) is 35.6. The molecule has 0 unspecified atom stereocenters. The molecule has 0 bridgehead atoms. The van der Waals surface area contributed by atoms with Crippen molar-refractivity contribution in [3.05, 3.63) is 30.6 Å². The Balaban J connectivity index is -0.0000000700. The SMILES string of the molecule is O=[N+]([O-])[O-].O=[N+]([O-])[O-].OCCNCCO.[Cu+2]. The van der Waals surface area contributed by atoms with Crippen molar-refractivity contribution in [1.29, 1.82) is 0 Å². The summed E-state index contributed by atoms with van der Waals surface area (Å²) < 4.78 is 0. The molecule has 12 heteroatoms. The van der Waals surface area contributed by atoms with Gasteiger partial charge >= 0.3 is 17.1 Å². The second kappa shape index (κ2) is 23.5. The summed E-state index contributed by atoms with van der Waals surface area (Å²) in [5, 5.41) is 48.6. The standard InChI is InChI=1S/C4H11NO2.Cu.2NO3/c6-3-1-5-2-4-7;;2*2-1(3)4/h5-7H,1-4H2;;;/q;+2;2*-1. The van der Waals surface area contributed by atoms with E-state index in [0.717, 1.165) is 0 Å². The zero-order valence-corrected chi connectivity index (χ0v) is 8.81. The normalized spacial score (nSPS) is 7.12. The van der Waals surface area contributed by atoms with Crippen LogP contribution in [0.2, 0.25) is 0 Å². The molecule has 0 aliphatic carbocycles. The van der Waals surface area contributed by atoms with E-state index < -0.39 is 10.2 Å². The molecule has 11 nitrogen and oxygen atoms in total. The molecule has 0 saturated heterocycles. The summed E-state index contributed by atoms with van der Waals surface area (Å²) in [5.74, 6) is 0. The van der Waals surface area contributed by atoms with Crippen molar-refractivity contribution in [2.45, 2.75) is 0 Å². The molecule has 0 heterocycles. The van der Waals surface area contributed by atoms with E-state index in [0.29, 0.717) is 13.1 Å². The van der Waals surface area contributed by atoms with E-state index in [2.05, 4.69) is 5.32 Å². The Morgan fingerprint density at radius 1 is 0.875 bits per heavy atom. The Bertz CT molecular complexity index is 134. The van der Waals surface area contributed by atoms with Gasteiger partial charge in [-0.1, -0.05) is 0 Å². The van der Waals surface area contributed by atoms with Gasteiger partial charge in [0.25, 0.3) is 0 Å². The molecule has 16 heavy (non-hydrogen) atoms. The van der Waals surface area contributed by atoms with Crippen molar-refractivity contribution in [3.8, 4) is 0 Å². The van der Waals surface area contributed by atoms with Crippen molar-refractivity contribution in [1.82, 2.24) is 5.32 Å². The monoisotopic (exact) mass is 292 g/mol. The number of aliphatic hydroxyl groups excluding tert-OH is 2. The van der Waals surface area contributed by atoms with E-state index >= 15 is 0 Å². The van der Waals surface area contributed by atoms with Crippen molar-refractivity contribution in [2.24, 2.45) is 0 Å². The maximum atomic E-state index is 8.25. The number of nitrogens with zero attached hydrogens (tertiary/aromatic N) is 2. The number of rotatable bonds is 4. The van der Waals surface area contributed by atoms with Gasteiger partial charge in [-0.25, -0.2) is 0 Å². The fourth-order valence-corrected chi connectivity index (χ4v) is 0.283. The quantitative estimate of drug-likeness (QED) is 0.230. The molecule has 1 radical (unpaired) electrons. The third-order valence-corrected chi connectivity index (χ3v) is 0.577. The van der Waals surface area contributed by atoms with E-state index in [1.54, 1.807) is 0 Å². The zero-order valence-electron chi connectivity index (χ0n) is 7.87. The van der Waals surface area contributed by atoms with E-state index in [1.165, 1.54) is 0 Å². The van der Waals surface area contributed by atoms with Crippen LogP contribution in [0.4, 0.5) is 0 Å². The molecule has 0 aromatic heterocycles. The number of aliphatic hydroxyl groups is 2. The first-order chi connectivity index (χ1) is 6.88. The predicted octanol–water partition coefficient (Wildman–Crippen LogP) is -1.92. The third kappa shape index (κ3) is 227. The molecule has 0 rings (SSSR count). The molecule has 0 aliphatic rings. The van der Waals surface area contributed by atoms with Gasteiger partial charge in [0, 0.05) is 13.1 Å². The smallest absolute Gasteiger partial charge is 0.395 e. The minimum absolute atomic E-state index is 0. The Morgan fingerprint density at radius 2 is 1.06 bits per heavy atom. The van der Waals surface area contributed by atoms with Gasteiger partial charge in [0.05, 0.1) is 23.4 Å². The second-order valence-electron chi connectivity index (χ2n) is 1.64. The van der Waals surface area contributed by atoms with Crippen LogP contribution in [0.5, 0.6) is 0 Å². The molecule has 0 aliphatic heterocycles. The minimum atomic E-state index is -1.75. The summed E-state index contributed by atoms with van der Waals surface area (Å²) in [4.78, 5) is 16.5. The first-order valence-corrected chi connectivity index (χ1v) is 3.44. The number of nitrogens with one attached hydrogen (secondary N) is 1. The Hall–Kier alpha value is -1.20. The zero-order chi connectivity index (χ0) is 12.7. The van der Waals surface area contributed by atoms with Crippen LogP contribution in [-0.4, -0.2) is 46.7 Å². The number of hydrogen-bond acceptors (Lipinski definition) is 9. The topological polar surface area (TPSA) is 185 Å². The summed E-state index contributed by atoms with van der Waals surface area (Å²) in [5.41, 5.74) is 0. The van der Waals surface area contributed by atoms with E-state index in [1.807, 2.05) is 0 Å². The summed E-state index contributed by atoms with van der Waals surface area (Å²) in [7, 11) is 0. The average Bonchev–Trinajstić information content (AvgIpc) is 2.03. The molecule has 0 atom stereocenters. The van der Waals surface area contributed by atoms with Crippen LogP contribution >= 0.6 is 0 Å². The first-order valence-electron chi connectivity index (χ1n) is 3.44. The van der Waals surface area contributed by atoms with Crippen LogP contribution in [0.25, 0.3) is 0 Å². The van der Waals surface area contributed by atoms with Crippen molar-refractivity contribution >= 4 is 0 Å². The molecule has 3 N–H and O–H groups in total. The predicted molar refractivity (Wildman–Crippen MR) is 47.8 cm³/mol. The largest absolute Gasteiger partial charge is 2.00 e. The van der Waals surface area contributed by atoms with Gasteiger partial charge in [0.2, 0.25) is 0 Å². The summed E-state index contributed by atoms with van der Waals surface area (Å²) >= 11 is 0. The van der Waals surface area contributed by atoms with Crippen LogP contribution < -0.4 is 5.32 Å². The fourth-order valence-electron chi connectivity index (χ4n) is 0.283. The first kappa shape index (κ1) is 24.2.